The predicted octanol–water partition coefficient (Wildman–Crippen LogP) is 0.936. The maximum atomic E-state index is 9.02. The number of aliphatic hydroxyl groups excluding tert-OH is 1. The monoisotopic (exact) mass is 214 g/mol. The van der Waals surface area contributed by atoms with E-state index in [1.165, 1.54) is 25.9 Å². The maximum absolute atomic E-state index is 9.02. The first-order valence-electron chi connectivity index (χ1n) is 6.26. The maximum Gasteiger partial charge on any atom is 0.0471 e. The number of nitrogens with zero attached hydrogens (tertiary/aromatic N) is 1. The average molecular weight is 214 g/mol. The highest BCUT2D eigenvalue weighted by Gasteiger charge is 2.18. The summed E-state index contributed by atoms with van der Waals surface area (Å²) in [6.07, 6.45) is 3.71. The molecule has 3 heteroatoms. The van der Waals surface area contributed by atoms with Gasteiger partial charge in [-0.3, -0.25) is 0 Å². The lowest BCUT2D eigenvalue weighted by molar-refractivity contribution is 0.218. The Morgan fingerprint density at radius 1 is 1.53 bits per heavy atom. The molecule has 1 rings (SSSR count). The number of nitrogens with one attached hydrogen (secondary N) is 1. The minimum Gasteiger partial charge on any atom is -0.396 e. The van der Waals surface area contributed by atoms with Gasteiger partial charge >= 0.3 is 0 Å². The molecule has 0 saturated carbocycles. The van der Waals surface area contributed by atoms with E-state index in [2.05, 4.69) is 24.2 Å². The second-order valence-electron chi connectivity index (χ2n) is 4.87. The van der Waals surface area contributed by atoms with Crippen LogP contribution in [0, 0.1) is 11.8 Å². The van der Waals surface area contributed by atoms with Crippen molar-refractivity contribution in [2.75, 3.05) is 39.8 Å². The summed E-state index contributed by atoms with van der Waals surface area (Å²) in [7, 11) is 2.20. The number of hydrogen-bond donors (Lipinski definition) is 2. The van der Waals surface area contributed by atoms with Crippen molar-refractivity contribution >= 4 is 0 Å². The lowest BCUT2D eigenvalue weighted by Gasteiger charge is -2.14. The van der Waals surface area contributed by atoms with Gasteiger partial charge in [-0.1, -0.05) is 6.92 Å². The van der Waals surface area contributed by atoms with Crippen molar-refractivity contribution in [1.29, 1.82) is 0 Å². The fourth-order valence-electron chi connectivity index (χ4n) is 2.21. The van der Waals surface area contributed by atoms with Crippen molar-refractivity contribution in [1.82, 2.24) is 10.2 Å². The molecule has 3 nitrogen and oxygen atoms in total. The molecule has 0 bridgehead atoms. The molecule has 1 aliphatic rings. The highest BCUT2D eigenvalue weighted by molar-refractivity contribution is 4.73. The summed E-state index contributed by atoms with van der Waals surface area (Å²) in [5.74, 6) is 1.33. The minimum absolute atomic E-state index is 0.315. The molecule has 0 aliphatic carbocycles. The summed E-state index contributed by atoms with van der Waals surface area (Å²) < 4.78 is 0. The Bertz CT molecular complexity index is 160. The molecule has 0 aromatic carbocycles. The van der Waals surface area contributed by atoms with Crippen LogP contribution in [0.1, 0.15) is 26.2 Å². The van der Waals surface area contributed by atoms with Crippen molar-refractivity contribution in [3.05, 3.63) is 0 Å². The third-order valence-corrected chi connectivity index (χ3v) is 3.49. The summed E-state index contributed by atoms with van der Waals surface area (Å²) in [6.45, 7) is 7.05. The van der Waals surface area contributed by atoms with E-state index in [-0.39, 0.29) is 0 Å². The van der Waals surface area contributed by atoms with Crippen LogP contribution in [0.15, 0.2) is 0 Å². The van der Waals surface area contributed by atoms with Crippen molar-refractivity contribution in [2.45, 2.75) is 26.2 Å². The zero-order valence-electron chi connectivity index (χ0n) is 10.2. The average Bonchev–Trinajstić information content (AvgIpc) is 2.65. The molecule has 1 heterocycles. The number of aliphatic hydroxyl groups is 1. The van der Waals surface area contributed by atoms with Gasteiger partial charge in [-0.05, 0) is 51.2 Å². The highest BCUT2D eigenvalue weighted by Crippen LogP contribution is 2.16. The summed E-state index contributed by atoms with van der Waals surface area (Å²) in [5, 5.41) is 12.5. The molecule has 1 fully saturated rings. The molecule has 0 radical (unpaired) electrons. The summed E-state index contributed by atoms with van der Waals surface area (Å²) in [5.41, 5.74) is 0. The van der Waals surface area contributed by atoms with Crippen LogP contribution >= 0.6 is 0 Å². The Morgan fingerprint density at radius 3 is 2.87 bits per heavy atom. The fraction of sp³-hybridized carbons (Fsp3) is 1.00. The molecule has 1 saturated heterocycles. The number of rotatable bonds is 7. The van der Waals surface area contributed by atoms with E-state index < -0.39 is 0 Å². The van der Waals surface area contributed by atoms with Gasteiger partial charge in [0.25, 0.3) is 0 Å². The Labute approximate surface area is 93.9 Å². The van der Waals surface area contributed by atoms with E-state index in [9.17, 15) is 0 Å². The number of likely N-dealkylation sites (tertiary alicyclic amines) is 1. The molecule has 2 N–H and O–H groups in total. The standard InChI is InChI=1S/C12H26N2O/c1-3-11(10-15)8-13-6-4-12-5-7-14(2)9-12/h11-13,15H,3-10H2,1-2H3. The molecule has 0 amide bonds. The van der Waals surface area contributed by atoms with Gasteiger partial charge in [-0.25, -0.2) is 0 Å². The van der Waals surface area contributed by atoms with Gasteiger partial charge in [0, 0.05) is 19.7 Å². The zero-order valence-corrected chi connectivity index (χ0v) is 10.2. The van der Waals surface area contributed by atoms with Gasteiger partial charge in [0.1, 0.15) is 0 Å². The molecule has 1 aliphatic heterocycles. The Kier molecular flexibility index (Phi) is 6.22. The fourth-order valence-corrected chi connectivity index (χ4v) is 2.21. The van der Waals surface area contributed by atoms with E-state index in [0.29, 0.717) is 12.5 Å². The summed E-state index contributed by atoms with van der Waals surface area (Å²) >= 11 is 0. The molecular weight excluding hydrogens is 188 g/mol. The third-order valence-electron chi connectivity index (χ3n) is 3.49. The van der Waals surface area contributed by atoms with Gasteiger partial charge < -0.3 is 15.3 Å². The molecule has 0 spiro atoms. The van der Waals surface area contributed by atoms with Crippen LogP contribution in [-0.4, -0.2) is 49.8 Å². The van der Waals surface area contributed by atoms with Crippen LogP contribution < -0.4 is 5.32 Å². The van der Waals surface area contributed by atoms with E-state index >= 15 is 0 Å². The van der Waals surface area contributed by atoms with Gasteiger partial charge in [0.15, 0.2) is 0 Å². The number of hydrogen-bond acceptors (Lipinski definition) is 3. The molecule has 2 atom stereocenters. The first kappa shape index (κ1) is 12.9. The van der Waals surface area contributed by atoms with Gasteiger partial charge in [0.2, 0.25) is 0 Å². The normalized spacial score (nSPS) is 24.6. The smallest absolute Gasteiger partial charge is 0.0471 e. The Morgan fingerprint density at radius 2 is 2.33 bits per heavy atom. The first-order valence-corrected chi connectivity index (χ1v) is 6.26. The van der Waals surface area contributed by atoms with E-state index in [4.69, 9.17) is 5.11 Å². The molecule has 90 valence electrons. The van der Waals surface area contributed by atoms with Crippen LogP contribution in [0.2, 0.25) is 0 Å². The predicted molar refractivity (Wildman–Crippen MR) is 64.0 cm³/mol. The lowest BCUT2D eigenvalue weighted by Crippen LogP contribution is -2.27. The van der Waals surface area contributed by atoms with Crippen LogP contribution in [0.4, 0.5) is 0 Å². The van der Waals surface area contributed by atoms with Gasteiger partial charge in [0.05, 0.1) is 0 Å². The Hall–Kier alpha value is -0.120. The van der Waals surface area contributed by atoms with Crippen LogP contribution in [-0.2, 0) is 0 Å². The molecular formula is C12H26N2O. The summed E-state index contributed by atoms with van der Waals surface area (Å²) in [6, 6.07) is 0. The van der Waals surface area contributed by atoms with Crippen molar-refractivity contribution in [3.63, 3.8) is 0 Å². The van der Waals surface area contributed by atoms with Crippen molar-refractivity contribution in [3.8, 4) is 0 Å². The van der Waals surface area contributed by atoms with Gasteiger partial charge in [-0.15, -0.1) is 0 Å². The Balaban J connectivity index is 1.97. The molecule has 2 unspecified atom stereocenters. The highest BCUT2D eigenvalue weighted by atomic mass is 16.3. The quantitative estimate of drug-likeness (QED) is 0.619. The van der Waals surface area contributed by atoms with Crippen molar-refractivity contribution < 1.29 is 5.11 Å². The van der Waals surface area contributed by atoms with E-state index in [1.54, 1.807) is 0 Å². The lowest BCUT2D eigenvalue weighted by atomic mass is 10.0. The first-order chi connectivity index (χ1) is 7.26. The molecule has 15 heavy (non-hydrogen) atoms. The van der Waals surface area contributed by atoms with Crippen LogP contribution in [0.25, 0.3) is 0 Å². The second kappa shape index (κ2) is 7.20. The molecule has 0 aromatic heterocycles. The topological polar surface area (TPSA) is 35.5 Å². The minimum atomic E-state index is 0.315. The van der Waals surface area contributed by atoms with E-state index in [0.717, 1.165) is 25.4 Å². The molecule has 0 aromatic rings. The largest absolute Gasteiger partial charge is 0.396 e. The third kappa shape index (κ3) is 4.96. The van der Waals surface area contributed by atoms with Crippen LogP contribution in [0.5, 0.6) is 0 Å². The van der Waals surface area contributed by atoms with Gasteiger partial charge in [-0.2, -0.15) is 0 Å². The zero-order chi connectivity index (χ0) is 11.1. The van der Waals surface area contributed by atoms with E-state index in [1.807, 2.05) is 0 Å². The van der Waals surface area contributed by atoms with Crippen LogP contribution in [0.3, 0.4) is 0 Å². The SMILES string of the molecule is CCC(CO)CNCCC1CCN(C)C1. The second-order valence-corrected chi connectivity index (χ2v) is 4.87. The van der Waals surface area contributed by atoms with Crippen molar-refractivity contribution in [2.24, 2.45) is 11.8 Å². The summed E-state index contributed by atoms with van der Waals surface area (Å²) in [4.78, 5) is 2.41.